The Morgan fingerprint density at radius 2 is 1.16 bits per heavy atom. The Morgan fingerprint density at radius 1 is 0.671 bits per heavy atom. The average molecular weight is 1110 g/mol. The van der Waals surface area contributed by atoms with E-state index in [-0.39, 0.29) is 97.0 Å². The number of rotatable bonds is 17. The first kappa shape index (κ1) is 55.1. The number of aromatic nitrogens is 10. The van der Waals surface area contributed by atoms with E-state index in [0.29, 0.717) is 23.5 Å². The number of alkyl halides is 8. The molecule has 2 unspecified atom stereocenters. The highest BCUT2D eigenvalue weighted by molar-refractivity contribution is 5.93. The van der Waals surface area contributed by atoms with Crippen molar-refractivity contribution in [3.8, 4) is 5.75 Å². The third-order valence-electron chi connectivity index (χ3n) is 15.8. The number of hydrogen-bond acceptors (Lipinski definition) is 11. The zero-order valence-electron chi connectivity index (χ0n) is 43.6. The molecule has 6 aromatic rings. The molecule has 79 heavy (non-hydrogen) atoms. The van der Waals surface area contributed by atoms with Crippen molar-refractivity contribution in [3.63, 3.8) is 0 Å². The summed E-state index contributed by atoms with van der Waals surface area (Å²) in [6.07, 6.45) is 1.08. The van der Waals surface area contributed by atoms with Crippen LogP contribution < -0.4 is 26.0 Å². The molecule has 424 valence electrons. The van der Waals surface area contributed by atoms with Crippen LogP contribution in [0.5, 0.6) is 5.75 Å². The fourth-order valence-electron chi connectivity index (χ4n) is 11.5. The molecule has 4 fully saturated rings. The molecular weight excluding hydrogens is 1050 g/mol. The number of hydrogen-bond donors (Lipinski definition) is 4. The van der Waals surface area contributed by atoms with E-state index in [0.717, 1.165) is 0 Å². The number of carbonyl (C=O) groups is 4. The van der Waals surface area contributed by atoms with Crippen molar-refractivity contribution in [2.75, 3.05) is 20.2 Å². The summed E-state index contributed by atoms with van der Waals surface area (Å²) < 4.78 is 128. The van der Waals surface area contributed by atoms with Gasteiger partial charge in [0.2, 0.25) is 23.7 Å². The Balaban J connectivity index is 0.969. The third kappa shape index (κ3) is 12.0. The second-order valence-electron chi connectivity index (χ2n) is 21.4. The van der Waals surface area contributed by atoms with Crippen LogP contribution >= 0.6 is 0 Å². The number of methoxy groups -OCH3 is 1. The van der Waals surface area contributed by atoms with E-state index < -0.39 is 135 Å². The summed E-state index contributed by atoms with van der Waals surface area (Å²) in [5, 5.41) is 28.9. The third-order valence-corrected chi connectivity index (χ3v) is 15.8. The second kappa shape index (κ2) is 21.4. The van der Waals surface area contributed by atoms with E-state index in [2.05, 4.69) is 31.5 Å². The van der Waals surface area contributed by atoms with Gasteiger partial charge in [-0.3, -0.25) is 28.5 Å². The Kier molecular flexibility index (Phi) is 15.0. The maximum atomic E-state index is 14.9. The minimum Gasteiger partial charge on any atom is -0.495 e. The monoisotopic (exact) mass is 1110 g/mol. The van der Waals surface area contributed by atoms with Gasteiger partial charge >= 0.3 is 0 Å². The number of fused-ring (bicyclic) bond motifs is 2. The van der Waals surface area contributed by atoms with Gasteiger partial charge in [-0.2, -0.15) is 20.4 Å². The van der Waals surface area contributed by atoms with E-state index in [1.165, 1.54) is 50.0 Å². The summed E-state index contributed by atoms with van der Waals surface area (Å²) in [6, 6.07) is 4.40. The first-order valence-corrected chi connectivity index (χ1v) is 26.6. The van der Waals surface area contributed by atoms with E-state index in [9.17, 15) is 54.3 Å². The molecule has 4 atom stereocenters. The predicted molar refractivity (Wildman–Crippen MR) is 265 cm³/mol. The quantitative estimate of drug-likeness (QED) is 0.0680. The number of carbonyl (C=O) groups excluding carboxylic acids is 4. The van der Waals surface area contributed by atoms with Gasteiger partial charge in [0.15, 0.2) is 11.3 Å². The van der Waals surface area contributed by atoms with Crippen LogP contribution in [-0.2, 0) is 41.9 Å². The van der Waals surface area contributed by atoms with Crippen LogP contribution in [0.3, 0.4) is 0 Å². The van der Waals surface area contributed by atoms with Gasteiger partial charge in [-0.25, -0.2) is 54.1 Å². The molecule has 4 aliphatic rings. The molecule has 4 amide bonds. The molecule has 27 heteroatoms. The highest BCUT2D eigenvalue weighted by Crippen LogP contribution is 2.43. The Morgan fingerprint density at radius 3 is 1.68 bits per heavy atom. The van der Waals surface area contributed by atoms with Crippen LogP contribution in [0.1, 0.15) is 145 Å². The molecule has 2 saturated heterocycles. The molecular formula is C52H60F8N14O5. The number of aryl methyl sites for hydroxylation is 2. The lowest BCUT2D eigenvalue weighted by Gasteiger charge is -2.33. The van der Waals surface area contributed by atoms with Crippen molar-refractivity contribution in [3.05, 3.63) is 88.3 Å². The zero-order valence-corrected chi connectivity index (χ0v) is 43.6. The van der Waals surface area contributed by atoms with Crippen molar-refractivity contribution in [2.45, 2.75) is 146 Å². The summed E-state index contributed by atoms with van der Waals surface area (Å²) in [5.41, 5.74) is 2.51. The molecule has 4 N–H and O–H groups in total. The molecule has 0 bridgehead atoms. The fourth-order valence-corrected chi connectivity index (χ4v) is 11.5. The predicted octanol–water partition coefficient (Wildman–Crippen LogP) is 7.03. The van der Waals surface area contributed by atoms with Crippen LogP contribution in [0, 0.1) is 23.7 Å². The normalized spacial score (nSPS) is 22.1. The molecule has 6 aromatic heterocycles. The first-order valence-electron chi connectivity index (χ1n) is 26.6. The molecule has 2 saturated carbocycles. The maximum Gasteiger partial charge on any atom is 0.270 e. The summed E-state index contributed by atoms with van der Waals surface area (Å²) in [6.45, 7) is 2.53. The number of amides is 4. The minimum atomic E-state index is -3.20. The molecule has 2 aliphatic heterocycles. The maximum absolute atomic E-state index is 14.9. The van der Waals surface area contributed by atoms with Crippen molar-refractivity contribution >= 4 is 34.9 Å². The molecule has 10 rings (SSSR count). The number of halogens is 8. The van der Waals surface area contributed by atoms with Gasteiger partial charge in [0, 0.05) is 95.0 Å². The summed E-state index contributed by atoms with van der Waals surface area (Å²) in [7, 11) is 1.35. The van der Waals surface area contributed by atoms with Gasteiger partial charge in [0.25, 0.3) is 23.7 Å². The standard InChI is InChI=1S/C52H60F8N14O5/c1-4-71-38(10-15-63-71)47(77)66-43(28-6-11-49(53,54)12-7-28)36-24-73-41(64-36)19-30(34(69-73)17-31-22-51(57,58)26-61-45(31)75)16-33-20-39(72(5-2)68-33)48(78)67-44(29-8-13-50(55,56)14-9-29)37-25-74-42(65-37)21-40(79-3)35(70-74)18-32-23-52(59,60)27-62-46(32)76/h10,15,19-21,24-25,28-29,31-32,43-44H,4-9,11-14,16-18,22-23,26-27H2,1-3H3,(H,61,75)(H,62,76)(H,66,77)(H,67,78)/t31?,32?,43-,44-/m0/s1. The number of piperidine rings is 2. The largest absolute Gasteiger partial charge is 0.495 e. The van der Waals surface area contributed by atoms with E-state index in [1.54, 1.807) is 25.3 Å². The molecule has 0 aromatic carbocycles. The second-order valence-corrected chi connectivity index (χ2v) is 21.4. The lowest BCUT2D eigenvalue weighted by atomic mass is 9.81. The van der Waals surface area contributed by atoms with Crippen molar-refractivity contribution < 1.29 is 59.0 Å². The van der Waals surface area contributed by atoms with Gasteiger partial charge in [0.1, 0.15) is 22.8 Å². The highest BCUT2D eigenvalue weighted by Gasteiger charge is 2.45. The summed E-state index contributed by atoms with van der Waals surface area (Å²) in [4.78, 5) is 63.8. The number of imidazole rings is 2. The van der Waals surface area contributed by atoms with Crippen LogP contribution in [0.15, 0.2) is 42.9 Å². The lowest BCUT2D eigenvalue weighted by molar-refractivity contribution is -0.137. The fraction of sp³-hybridized carbons (Fsp3) is 0.577. The minimum absolute atomic E-state index is 0.0179. The molecule has 8 heterocycles. The number of nitrogens with one attached hydrogen (secondary N) is 4. The Bertz CT molecular complexity index is 3260. The Labute approximate surface area is 447 Å². The zero-order chi connectivity index (χ0) is 56.2. The van der Waals surface area contributed by atoms with Gasteiger partial charge in [-0.05, 0) is 75.1 Å². The highest BCUT2D eigenvalue weighted by atomic mass is 19.3. The SMILES string of the molecule is CCn1nccc1C(=O)N[C@H](c1cn2nc(CC3CC(F)(F)CNC3=O)c(Cc3cc(C(=O)N[C@H](c4cn5nc(CC6CC(F)(F)CNC6=O)c(OC)cc5n4)C4CCC(F)(F)CC4)n(CC)n3)cc2n1)C1CCC(F)(F)CC1. The van der Waals surface area contributed by atoms with Crippen molar-refractivity contribution in [1.82, 2.24) is 70.0 Å². The smallest absolute Gasteiger partial charge is 0.270 e. The van der Waals surface area contributed by atoms with Gasteiger partial charge in [-0.15, -0.1) is 0 Å². The van der Waals surface area contributed by atoms with Gasteiger partial charge in [-0.1, -0.05) is 0 Å². The molecule has 0 radical (unpaired) electrons. The van der Waals surface area contributed by atoms with Crippen LogP contribution in [0.4, 0.5) is 35.1 Å². The van der Waals surface area contributed by atoms with Crippen LogP contribution in [-0.4, -0.2) is 116 Å². The van der Waals surface area contributed by atoms with Crippen LogP contribution in [0.2, 0.25) is 0 Å². The van der Waals surface area contributed by atoms with Crippen molar-refractivity contribution in [1.29, 1.82) is 0 Å². The average Bonchev–Trinajstić information content (AvgIpc) is 4.30. The lowest BCUT2D eigenvalue weighted by Crippen LogP contribution is -2.48. The number of nitrogens with zero attached hydrogens (tertiary/aromatic N) is 10. The summed E-state index contributed by atoms with van der Waals surface area (Å²) >= 11 is 0. The topological polar surface area (TPSA) is 222 Å². The first-order chi connectivity index (χ1) is 37.5. The van der Waals surface area contributed by atoms with E-state index >= 15 is 0 Å². The van der Waals surface area contributed by atoms with Crippen LogP contribution in [0.25, 0.3) is 11.3 Å². The van der Waals surface area contributed by atoms with Gasteiger partial charge in [0.05, 0.1) is 67.5 Å². The summed E-state index contributed by atoms with van der Waals surface area (Å²) in [5.74, 6) is -17.5. The molecule has 0 spiro atoms. The van der Waals surface area contributed by atoms with Gasteiger partial charge < -0.3 is 26.0 Å². The van der Waals surface area contributed by atoms with Crippen molar-refractivity contribution in [2.24, 2.45) is 23.7 Å². The molecule has 19 nitrogen and oxygen atoms in total. The number of ether oxygens (including phenoxy) is 1. The Hall–Kier alpha value is -7.22. The van der Waals surface area contributed by atoms with E-state index in [4.69, 9.17) is 24.9 Å². The molecule has 2 aliphatic carbocycles. The van der Waals surface area contributed by atoms with E-state index in [1.807, 2.05) is 6.92 Å².